The zero-order valence-corrected chi connectivity index (χ0v) is 14.8. The molecule has 152 valence electrons. The molecule has 3 atom stereocenters. The van der Waals surface area contributed by atoms with Crippen molar-refractivity contribution in [1.82, 2.24) is 4.72 Å². The molecule has 26 heavy (non-hydrogen) atoms. The SMILES string of the molecule is C=C(C(=O)OC1(CC)C[C@H](C)C[C@H]1CNS(=O)(=O)C(F)(F)F)C(F)(F)F. The van der Waals surface area contributed by atoms with Crippen molar-refractivity contribution in [3.8, 4) is 0 Å². The van der Waals surface area contributed by atoms with Crippen molar-refractivity contribution in [2.75, 3.05) is 6.54 Å². The average molecular weight is 411 g/mol. The second kappa shape index (κ2) is 7.37. The van der Waals surface area contributed by atoms with E-state index in [0.717, 1.165) is 0 Å². The summed E-state index contributed by atoms with van der Waals surface area (Å²) >= 11 is 0. The Kier molecular flexibility index (Phi) is 6.45. The third kappa shape index (κ3) is 4.90. The Morgan fingerprint density at radius 3 is 2.23 bits per heavy atom. The lowest BCUT2D eigenvalue weighted by Gasteiger charge is -2.35. The van der Waals surface area contributed by atoms with Crippen LogP contribution in [0.3, 0.4) is 0 Å². The maximum atomic E-state index is 12.6. The second-order valence-corrected chi connectivity index (χ2v) is 8.08. The van der Waals surface area contributed by atoms with Crippen molar-refractivity contribution in [2.45, 2.75) is 50.4 Å². The first-order valence-electron chi connectivity index (χ1n) is 7.61. The van der Waals surface area contributed by atoms with Crippen LogP contribution >= 0.6 is 0 Å². The highest BCUT2D eigenvalue weighted by molar-refractivity contribution is 7.90. The van der Waals surface area contributed by atoms with Gasteiger partial charge in [-0.1, -0.05) is 20.4 Å². The normalized spacial score (nSPS) is 27.4. The Labute approximate surface area is 146 Å². The van der Waals surface area contributed by atoms with Gasteiger partial charge in [0.15, 0.2) is 0 Å². The molecule has 1 aliphatic rings. The first-order chi connectivity index (χ1) is 11.6. The fourth-order valence-electron chi connectivity index (χ4n) is 3.09. The number of hydrogen-bond acceptors (Lipinski definition) is 4. The van der Waals surface area contributed by atoms with Gasteiger partial charge in [0.05, 0.1) is 0 Å². The summed E-state index contributed by atoms with van der Waals surface area (Å²) in [6.45, 7) is 5.09. The van der Waals surface area contributed by atoms with Gasteiger partial charge in [-0.15, -0.1) is 0 Å². The summed E-state index contributed by atoms with van der Waals surface area (Å²) in [6.07, 6.45) is -4.73. The van der Waals surface area contributed by atoms with Crippen molar-refractivity contribution in [1.29, 1.82) is 0 Å². The molecule has 1 saturated carbocycles. The van der Waals surface area contributed by atoms with Gasteiger partial charge in [-0.05, 0) is 25.2 Å². The molecule has 0 aromatic carbocycles. The second-order valence-electron chi connectivity index (χ2n) is 6.32. The van der Waals surface area contributed by atoms with Crippen LogP contribution < -0.4 is 4.72 Å². The van der Waals surface area contributed by atoms with Crippen LogP contribution in [0.4, 0.5) is 26.3 Å². The first kappa shape index (κ1) is 22.7. The van der Waals surface area contributed by atoms with Crippen molar-refractivity contribution in [2.24, 2.45) is 11.8 Å². The van der Waals surface area contributed by atoms with Crippen LogP contribution in [0.25, 0.3) is 0 Å². The summed E-state index contributed by atoms with van der Waals surface area (Å²) in [5, 5.41) is 0. The predicted octanol–water partition coefficient (Wildman–Crippen LogP) is 3.28. The third-order valence-electron chi connectivity index (χ3n) is 4.43. The highest BCUT2D eigenvalue weighted by Gasteiger charge is 2.52. The van der Waals surface area contributed by atoms with E-state index in [1.165, 1.54) is 11.6 Å². The molecule has 0 aliphatic heterocycles. The van der Waals surface area contributed by atoms with E-state index in [9.17, 15) is 39.6 Å². The van der Waals surface area contributed by atoms with Crippen molar-refractivity contribution >= 4 is 16.0 Å². The van der Waals surface area contributed by atoms with Gasteiger partial charge in [0.2, 0.25) is 0 Å². The molecule has 0 radical (unpaired) electrons. The summed E-state index contributed by atoms with van der Waals surface area (Å²) in [4.78, 5) is 11.8. The minimum Gasteiger partial charge on any atom is -0.455 e. The van der Waals surface area contributed by atoms with Gasteiger partial charge < -0.3 is 4.74 Å². The largest absolute Gasteiger partial charge is 0.511 e. The molecule has 12 heteroatoms. The number of hydrogen-bond donors (Lipinski definition) is 1. The average Bonchev–Trinajstić information content (AvgIpc) is 2.78. The van der Waals surface area contributed by atoms with E-state index in [2.05, 4.69) is 6.58 Å². The molecule has 0 aromatic heterocycles. The molecule has 0 saturated heterocycles. The molecule has 1 N–H and O–H groups in total. The summed E-state index contributed by atoms with van der Waals surface area (Å²) < 4.78 is 104. The molecule has 1 aliphatic carbocycles. The monoisotopic (exact) mass is 411 g/mol. The number of rotatable bonds is 6. The number of sulfonamides is 1. The molecule has 0 spiro atoms. The quantitative estimate of drug-likeness (QED) is 0.414. The summed E-state index contributed by atoms with van der Waals surface area (Å²) in [5.74, 6) is -2.83. The van der Waals surface area contributed by atoms with Crippen molar-refractivity contribution in [3.63, 3.8) is 0 Å². The van der Waals surface area contributed by atoms with Gasteiger partial charge in [-0.2, -0.15) is 26.3 Å². The maximum absolute atomic E-state index is 12.6. The topological polar surface area (TPSA) is 72.5 Å². The van der Waals surface area contributed by atoms with Gasteiger partial charge in [-0.25, -0.2) is 17.9 Å². The number of esters is 1. The molecule has 1 unspecified atom stereocenters. The van der Waals surface area contributed by atoms with Crippen LogP contribution in [0.5, 0.6) is 0 Å². The number of ether oxygens (including phenoxy) is 1. The van der Waals surface area contributed by atoms with Crippen LogP contribution in [0.15, 0.2) is 12.2 Å². The van der Waals surface area contributed by atoms with E-state index in [1.807, 2.05) is 0 Å². The number of carbonyl (C=O) groups is 1. The molecule has 0 bridgehead atoms. The molecule has 0 amide bonds. The van der Waals surface area contributed by atoms with E-state index in [0.29, 0.717) is 0 Å². The van der Waals surface area contributed by atoms with Gasteiger partial charge >= 0.3 is 27.7 Å². The Bertz CT molecular complexity index is 657. The molecule has 1 rings (SSSR count). The lowest BCUT2D eigenvalue weighted by Crippen LogP contribution is -2.46. The van der Waals surface area contributed by atoms with E-state index in [-0.39, 0.29) is 25.2 Å². The molecular formula is C14H19F6NO4S. The summed E-state index contributed by atoms with van der Waals surface area (Å²) in [7, 11) is -5.62. The Morgan fingerprint density at radius 1 is 1.27 bits per heavy atom. The molecule has 0 aromatic rings. The van der Waals surface area contributed by atoms with Gasteiger partial charge in [0.25, 0.3) is 0 Å². The predicted molar refractivity (Wildman–Crippen MR) is 79.2 cm³/mol. The van der Waals surface area contributed by atoms with Crippen molar-refractivity contribution in [3.05, 3.63) is 12.2 Å². The lowest BCUT2D eigenvalue weighted by molar-refractivity contribution is -0.169. The fraction of sp³-hybridized carbons (Fsp3) is 0.786. The maximum Gasteiger partial charge on any atom is 0.511 e. The van der Waals surface area contributed by atoms with Crippen LogP contribution in [0.1, 0.15) is 33.1 Å². The Hall–Kier alpha value is -1.30. The van der Waals surface area contributed by atoms with Crippen LogP contribution in [-0.4, -0.2) is 38.2 Å². The number of carbonyl (C=O) groups excluding carboxylic acids is 1. The van der Waals surface area contributed by atoms with Crippen molar-refractivity contribution < 1.29 is 44.3 Å². The number of alkyl halides is 6. The van der Waals surface area contributed by atoms with Gasteiger partial charge in [0.1, 0.15) is 11.2 Å². The summed E-state index contributed by atoms with van der Waals surface area (Å²) in [5.41, 5.74) is -8.77. The number of halogens is 6. The van der Waals surface area contributed by atoms with Crippen LogP contribution in [0.2, 0.25) is 0 Å². The van der Waals surface area contributed by atoms with E-state index < -0.39 is 51.3 Å². The fourth-order valence-corrected chi connectivity index (χ4v) is 3.68. The van der Waals surface area contributed by atoms with Gasteiger partial charge in [-0.3, -0.25) is 0 Å². The highest BCUT2D eigenvalue weighted by atomic mass is 32.2. The smallest absolute Gasteiger partial charge is 0.455 e. The lowest BCUT2D eigenvalue weighted by atomic mass is 9.88. The van der Waals surface area contributed by atoms with Crippen LogP contribution in [-0.2, 0) is 19.6 Å². The van der Waals surface area contributed by atoms with E-state index in [1.54, 1.807) is 6.92 Å². The highest BCUT2D eigenvalue weighted by Crippen LogP contribution is 2.45. The number of nitrogens with one attached hydrogen (secondary N) is 1. The third-order valence-corrected chi connectivity index (χ3v) is 5.59. The first-order valence-corrected chi connectivity index (χ1v) is 9.09. The molecule has 0 heterocycles. The Balaban J connectivity index is 3.00. The zero-order chi connectivity index (χ0) is 20.6. The standard InChI is InChI=1S/C14H19F6NO4S/c1-4-12(25-11(22)9(3)13(15,16)17)6-8(2)5-10(12)7-21-26(23,24)14(18,19)20/h8,10,21H,3-7H2,1-2H3/t8-,10+,12?/m1/s1. The Morgan fingerprint density at radius 2 is 1.81 bits per heavy atom. The van der Waals surface area contributed by atoms with E-state index >= 15 is 0 Å². The summed E-state index contributed by atoms with van der Waals surface area (Å²) in [6, 6.07) is 0. The molecule has 1 fully saturated rings. The molecule has 5 nitrogen and oxygen atoms in total. The minimum atomic E-state index is -5.62. The zero-order valence-electron chi connectivity index (χ0n) is 14.0. The minimum absolute atomic E-state index is 0.00658. The van der Waals surface area contributed by atoms with E-state index in [4.69, 9.17) is 4.74 Å². The van der Waals surface area contributed by atoms with Crippen LogP contribution in [0, 0.1) is 11.8 Å². The molecular weight excluding hydrogens is 392 g/mol. The van der Waals surface area contributed by atoms with Gasteiger partial charge in [0, 0.05) is 12.5 Å².